The van der Waals surface area contributed by atoms with E-state index in [0.29, 0.717) is 17.7 Å². The Balaban J connectivity index is 2.16. The van der Waals surface area contributed by atoms with E-state index in [1.165, 1.54) is 0 Å². The number of hydrogen-bond acceptors (Lipinski definition) is 3. The van der Waals surface area contributed by atoms with Crippen molar-refractivity contribution in [3.05, 3.63) is 65.7 Å². The van der Waals surface area contributed by atoms with Crippen molar-refractivity contribution in [2.45, 2.75) is 19.1 Å². The first-order chi connectivity index (χ1) is 9.70. The van der Waals surface area contributed by atoms with Crippen molar-refractivity contribution in [2.24, 2.45) is 0 Å². The lowest BCUT2D eigenvalue weighted by Crippen LogP contribution is -2.31. The highest BCUT2D eigenvalue weighted by molar-refractivity contribution is 5.78. The average Bonchev–Trinajstić information content (AvgIpc) is 2.48. The van der Waals surface area contributed by atoms with Crippen LogP contribution in [0, 0.1) is 0 Å². The summed E-state index contributed by atoms with van der Waals surface area (Å²) >= 11 is 0. The predicted octanol–water partition coefficient (Wildman–Crippen LogP) is 2.29. The largest absolute Gasteiger partial charge is 0.480 e. The lowest BCUT2D eigenvalue weighted by Gasteiger charge is -2.18. The second-order valence-electron chi connectivity index (χ2n) is 4.54. The maximum atomic E-state index is 11.4. The van der Waals surface area contributed by atoms with Gasteiger partial charge in [-0.05, 0) is 11.6 Å². The lowest BCUT2D eigenvalue weighted by molar-refractivity contribution is -0.137. The fraction of sp³-hybridized carbons (Fsp3) is 0.188. The van der Waals surface area contributed by atoms with Gasteiger partial charge in [0.15, 0.2) is 0 Å². The number of carboxylic acid groups (broad SMARTS) is 1. The molecule has 4 heteroatoms. The number of nitrogens with one attached hydrogen (secondary N) is 1. The van der Waals surface area contributed by atoms with E-state index in [2.05, 4.69) is 5.32 Å². The Morgan fingerprint density at radius 1 is 1.05 bits per heavy atom. The number of aliphatic hydroxyl groups is 1. The Kier molecular flexibility index (Phi) is 4.74. The van der Waals surface area contributed by atoms with Gasteiger partial charge in [0.05, 0.1) is 6.61 Å². The molecule has 0 bridgehead atoms. The van der Waals surface area contributed by atoms with Crippen molar-refractivity contribution in [3.63, 3.8) is 0 Å². The molecule has 1 atom stereocenters. The van der Waals surface area contributed by atoms with Gasteiger partial charge in [-0.3, -0.25) is 0 Å². The summed E-state index contributed by atoms with van der Waals surface area (Å²) in [6.07, 6.45) is 0.385. The molecule has 0 saturated carbocycles. The summed E-state index contributed by atoms with van der Waals surface area (Å²) in [5.41, 5.74) is 2.29. The lowest BCUT2D eigenvalue weighted by atomic mass is 10.0. The van der Waals surface area contributed by atoms with Crippen molar-refractivity contribution in [2.75, 3.05) is 5.32 Å². The molecule has 0 aliphatic rings. The molecular formula is C16H17NO3. The number of aliphatic carboxylic acids is 1. The first-order valence-electron chi connectivity index (χ1n) is 6.42. The van der Waals surface area contributed by atoms with E-state index in [1.54, 1.807) is 12.1 Å². The van der Waals surface area contributed by atoms with Crippen molar-refractivity contribution in [1.29, 1.82) is 0 Å². The number of hydrogen-bond donors (Lipinski definition) is 3. The Bertz CT molecular complexity index is 569. The van der Waals surface area contributed by atoms with Gasteiger partial charge in [0.2, 0.25) is 0 Å². The summed E-state index contributed by atoms with van der Waals surface area (Å²) in [7, 11) is 0. The molecule has 0 heterocycles. The molecular weight excluding hydrogens is 254 g/mol. The van der Waals surface area contributed by atoms with Gasteiger partial charge in [-0.2, -0.15) is 0 Å². The summed E-state index contributed by atoms with van der Waals surface area (Å²) in [6.45, 7) is -0.124. The first kappa shape index (κ1) is 14.1. The third kappa shape index (κ3) is 3.59. The zero-order valence-corrected chi connectivity index (χ0v) is 11.0. The van der Waals surface area contributed by atoms with Gasteiger partial charge in [-0.1, -0.05) is 48.5 Å². The quantitative estimate of drug-likeness (QED) is 0.754. The Labute approximate surface area is 117 Å². The monoisotopic (exact) mass is 271 g/mol. The van der Waals surface area contributed by atoms with Gasteiger partial charge in [0, 0.05) is 17.7 Å². The topological polar surface area (TPSA) is 69.6 Å². The zero-order chi connectivity index (χ0) is 14.4. The molecule has 2 rings (SSSR count). The van der Waals surface area contributed by atoms with Gasteiger partial charge in [0.1, 0.15) is 6.04 Å². The van der Waals surface area contributed by atoms with Crippen LogP contribution in [-0.4, -0.2) is 22.2 Å². The Morgan fingerprint density at radius 3 is 2.35 bits per heavy atom. The highest BCUT2D eigenvalue weighted by atomic mass is 16.4. The average molecular weight is 271 g/mol. The van der Waals surface area contributed by atoms with Crippen molar-refractivity contribution in [1.82, 2.24) is 0 Å². The van der Waals surface area contributed by atoms with Crippen LogP contribution in [0.2, 0.25) is 0 Å². The van der Waals surface area contributed by atoms with Gasteiger partial charge in [-0.15, -0.1) is 0 Å². The second kappa shape index (κ2) is 6.73. The molecule has 104 valence electrons. The van der Waals surface area contributed by atoms with Crippen LogP contribution in [0.4, 0.5) is 5.69 Å². The molecule has 0 aliphatic heterocycles. The fourth-order valence-electron chi connectivity index (χ4n) is 2.04. The molecule has 0 aromatic heterocycles. The number of benzene rings is 2. The molecule has 2 aromatic rings. The molecule has 4 nitrogen and oxygen atoms in total. The van der Waals surface area contributed by atoms with Crippen LogP contribution in [-0.2, 0) is 17.8 Å². The van der Waals surface area contributed by atoms with Crippen LogP contribution >= 0.6 is 0 Å². The van der Waals surface area contributed by atoms with Gasteiger partial charge < -0.3 is 15.5 Å². The molecule has 1 unspecified atom stereocenters. The molecule has 0 amide bonds. The number of carboxylic acids is 1. The Morgan fingerprint density at radius 2 is 1.70 bits per heavy atom. The van der Waals surface area contributed by atoms with E-state index in [0.717, 1.165) is 5.56 Å². The molecule has 0 saturated heterocycles. The fourth-order valence-corrected chi connectivity index (χ4v) is 2.04. The van der Waals surface area contributed by atoms with E-state index >= 15 is 0 Å². The Hall–Kier alpha value is -2.33. The summed E-state index contributed by atoms with van der Waals surface area (Å²) in [5, 5.41) is 21.6. The molecule has 2 aromatic carbocycles. The summed E-state index contributed by atoms with van der Waals surface area (Å²) in [6, 6.07) is 15.9. The summed E-state index contributed by atoms with van der Waals surface area (Å²) in [5.74, 6) is -0.915. The van der Waals surface area contributed by atoms with Crippen molar-refractivity contribution >= 4 is 11.7 Å². The maximum Gasteiger partial charge on any atom is 0.326 e. The third-order valence-corrected chi connectivity index (χ3v) is 3.10. The summed E-state index contributed by atoms with van der Waals surface area (Å²) in [4.78, 5) is 11.4. The third-order valence-electron chi connectivity index (χ3n) is 3.10. The minimum Gasteiger partial charge on any atom is -0.480 e. The van der Waals surface area contributed by atoms with E-state index in [9.17, 15) is 15.0 Å². The highest BCUT2D eigenvalue weighted by Crippen LogP contribution is 2.17. The van der Waals surface area contributed by atoms with Gasteiger partial charge in [-0.25, -0.2) is 4.79 Å². The maximum absolute atomic E-state index is 11.4. The number of para-hydroxylation sites is 1. The normalized spacial score (nSPS) is 11.8. The predicted molar refractivity (Wildman–Crippen MR) is 77.6 cm³/mol. The molecule has 3 N–H and O–H groups in total. The molecule has 0 radical (unpaired) electrons. The van der Waals surface area contributed by atoms with Crippen molar-refractivity contribution < 1.29 is 15.0 Å². The summed E-state index contributed by atoms with van der Waals surface area (Å²) < 4.78 is 0. The first-order valence-corrected chi connectivity index (χ1v) is 6.42. The SMILES string of the molecule is O=C(O)C(Cc1ccccc1)Nc1ccccc1CO. The van der Waals surface area contributed by atoms with Gasteiger partial charge >= 0.3 is 5.97 Å². The zero-order valence-electron chi connectivity index (χ0n) is 11.0. The van der Waals surface area contributed by atoms with Crippen LogP contribution in [0.3, 0.4) is 0 Å². The number of aliphatic hydroxyl groups excluding tert-OH is 1. The molecule has 0 fully saturated rings. The minimum atomic E-state index is -0.915. The second-order valence-corrected chi connectivity index (χ2v) is 4.54. The van der Waals surface area contributed by atoms with Crippen LogP contribution in [0.25, 0.3) is 0 Å². The van der Waals surface area contributed by atoms with E-state index in [1.807, 2.05) is 42.5 Å². The highest BCUT2D eigenvalue weighted by Gasteiger charge is 2.18. The smallest absolute Gasteiger partial charge is 0.326 e. The number of carbonyl (C=O) groups is 1. The molecule has 0 aliphatic carbocycles. The van der Waals surface area contributed by atoms with E-state index < -0.39 is 12.0 Å². The van der Waals surface area contributed by atoms with Crippen LogP contribution in [0.1, 0.15) is 11.1 Å². The van der Waals surface area contributed by atoms with Crippen molar-refractivity contribution in [3.8, 4) is 0 Å². The number of anilines is 1. The standard InChI is InChI=1S/C16H17NO3/c18-11-13-8-4-5-9-14(13)17-15(16(19)20)10-12-6-2-1-3-7-12/h1-9,15,17-18H,10-11H2,(H,19,20). The molecule has 0 spiro atoms. The molecule has 20 heavy (non-hydrogen) atoms. The minimum absolute atomic E-state index is 0.124. The van der Waals surface area contributed by atoms with Crippen LogP contribution in [0.15, 0.2) is 54.6 Å². The van der Waals surface area contributed by atoms with E-state index in [4.69, 9.17) is 0 Å². The van der Waals surface area contributed by atoms with Crippen LogP contribution in [0.5, 0.6) is 0 Å². The number of rotatable bonds is 6. The van der Waals surface area contributed by atoms with Crippen LogP contribution < -0.4 is 5.32 Å². The van der Waals surface area contributed by atoms with E-state index in [-0.39, 0.29) is 6.61 Å². The van der Waals surface area contributed by atoms with Gasteiger partial charge in [0.25, 0.3) is 0 Å².